The molecule has 0 aliphatic heterocycles. The van der Waals surface area contributed by atoms with Gasteiger partial charge in [-0.3, -0.25) is 0 Å². The van der Waals surface area contributed by atoms with Crippen LogP contribution in [-0.2, 0) is 0 Å². The van der Waals surface area contributed by atoms with Gasteiger partial charge in [-0.2, -0.15) is 5.26 Å². The molecule has 2 nitrogen and oxygen atoms in total. The van der Waals surface area contributed by atoms with Gasteiger partial charge in [0.15, 0.2) is 0 Å². The van der Waals surface area contributed by atoms with E-state index in [4.69, 9.17) is 10.00 Å². The van der Waals surface area contributed by atoms with E-state index in [-0.39, 0.29) is 0 Å². The second-order valence-electron chi connectivity index (χ2n) is 4.14. The van der Waals surface area contributed by atoms with Crippen molar-refractivity contribution in [2.75, 3.05) is 6.61 Å². The van der Waals surface area contributed by atoms with E-state index in [1.807, 2.05) is 19.1 Å². The number of nitriles is 1. The average molecular weight is 201 g/mol. The molecule has 2 rings (SSSR count). The number of para-hydroxylation sites is 1. The van der Waals surface area contributed by atoms with Crippen LogP contribution in [0.4, 0.5) is 0 Å². The Morgan fingerprint density at radius 1 is 1.47 bits per heavy atom. The Labute approximate surface area is 90.5 Å². The van der Waals surface area contributed by atoms with Gasteiger partial charge in [0, 0.05) is 0 Å². The number of hydrogen-bond acceptors (Lipinski definition) is 2. The highest BCUT2D eigenvalue weighted by molar-refractivity contribution is 5.47. The van der Waals surface area contributed by atoms with Crippen molar-refractivity contribution >= 4 is 0 Å². The molecule has 0 unspecified atom stereocenters. The SMILES string of the molecule is Cc1cccc(C#N)c1OCCC1CC1. The van der Waals surface area contributed by atoms with Crippen LogP contribution in [0.5, 0.6) is 5.75 Å². The maximum Gasteiger partial charge on any atom is 0.139 e. The third-order valence-electron chi connectivity index (χ3n) is 2.80. The topological polar surface area (TPSA) is 33.0 Å². The molecule has 2 heteroatoms. The molecule has 1 aromatic carbocycles. The van der Waals surface area contributed by atoms with E-state index in [1.165, 1.54) is 12.8 Å². The number of nitrogens with zero attached hydrogens (tertiary/aromatic N) is 1. The molecule has 0 bridgehead atoms. The molecule has 1 saturated carbocycles. The smallest absolute Gasteiger partial charge is 0.139 e. The van der Waals surface area contributed by atoms with E-state index in [1.54, 1.807) is 6.07 Å². The van der Waals surface area contributed by atoms with Crippen LogP contribution < -0.4 is 4.74 Å². The van der Waals surface area contributed by atoms with Gasteiger partial charge in [0.2, 0.25) is 0 Å². The molecule has 0 amide bonds. The number of ether oxygens (including phenoxy) is 1. The van der Waals surface area contributed by atoms with Gasteiger partial charge in [0.1, 0.15) is 11.8 Å². The first kappa shape index (κ1) is 10.0. The predicted molar refractivity (Wildman–Crippen MR) is 58.7 cm³/mol. The Hall–Kier alpha value is -1.49. The first-order chi connectivity index (χ1) is 7.31. The van der Waals surface area contributed by atoms with E-state index in [0.717, 1.165) is 30.3 Å². The molecule has 0 heterocycles. The maximum absolute atomic E-state index is 8.93. The minimum atomic E-state index is 0.644. The molecule has 0 N–H and O–H groups in total. The number of benzene rings is 1. The lowest BCUT2D eigenvalue weighted by Gasteiger charge is -2.09. The summed E-state index contributed by atoms with van der Waals surface area (Å²) in [4.78, 5) is 0. The third kappa shape index (κ3) is 2.50. The summed E-state index contributed by atoms with van der Waals surface area (Å²) in [7, 11) is 0. The molecule has 78 valence electrons. The molecule has 0 saturated heterocycles. The Kier molecular flexibility index (Phi) is 2.91. The summed E-state index contributed by atoms with van der Waals surface area (Å²) in [5.74, 6) is 1.64. The van der Waals surface area contributed by atoms with Crippen LogP contribution in [0.3, 0.4) is 0 Å². The highest BCUT2D eigenvalue weighted by atomic mass is 16.5. The van der Waals surface area contributed by atoms with E-state index in [9.17, 15) is 0 Å². The fourth-order valence-corrected chi connectivity index (χ4v) is 1.67. The van der Waals surface area contributed by atoms with Crippen molar-refractivity contribution in [1.82, 2.24) is 0 Å². The third-order valence-corrected chi connectivity index (χ3v) is 2.80. The normalized spacial score (nSPS) is 14.7. The lowest BCUT2D eigenvalue weighted by Crippen LogP contribution is -2.01. The summed E-state index contributed by atoms with van der Waals surface area (Å²) >= 11 is 0. The zero-order valence-corrected chi connectivity index (χ0v) is 8.99. The highest BCUT2D eigenvalue weighted by Crippen LogP contribution is 2.32. The zero-order valence-electron chi connectivity index (χ0n) is 8.99. The number of aryl methyl sites for hydroxylation is 1. The quantitative estimate of drug-likeness (QED) is 0.750. The van der Waals surface area contributed by atoms with Crippen LogP contribution in [0.1, 0.15) is 30.4 Å². The van der Waals surface area contributed by atoms with Gasteiger partial charge < -0.3 is 4.74 Å². The number of hydrogen-bond donors (Lipinski definition) is 0. The van der Waals surface area contributed by atoms with Crippen molar-refractivity contribution in [3.8, 4) is 11.8 Å². The van der Waals surface area contributed by atoms with Crippen LogP contribution in [0.2, 0.25) is 0 Å². The number of rotatable bonds is 4. The Morgan fingerprint density at radius 2 is 2.27 bits per heavy atom. The molecular formula is C13H15NO. The highest BCUT2D eigenvalue weighted by Gasteiger charge is 2.21. The summed E-state index contributed by atoms with van der Waals surface area (Å²) in [5.41, 5.74) is 1.69. The van der Waals surface area contributed by atoms with Crippen molar-refractivity contribution < 1.29 is 4.74 Å². The Balaban J connectivity index is 2.01. The van der Waals surface area contributed by atoms with Gasteiger partial charge in [-0.1, -0.05) is 25.0 Å². The van der Waals surface area contributed by atoms with Gasteiger partial charge >= 0.3 is 0 Å². The average Bonchev–Trinajstić information content (AvgIpc) is 3.04. The minimum absolute atomic E-state index is 0.644. The Bertz CT molecular complexity index is 388. The molecule has 1 aliphatic rings. The fraction of sp³-hybridized carbons (Fsp3) is 0.462. The van der Waals surface area contributed by atoms with Crippen LogP contribution >= 0.6 is 0 Å². The monoisotopic (exact) mass is 201 g/mol. The van der Waals surface area contributed by atoms with Crippen LogP contribution in [0.15, 0.2) is 18.2 Å². The van der Waals surface area contributed by atoms with Gasteiger partial charge in [0.05, 0.1) is 12.2 Å². The lowest BCUT2D eigenvalue weighted by molar-refractivity contribution is 0.300. The predicted octanol–water partition coefficient (Wildman–Crippen LogP) is 3.05. The molecule has 0 spiro atoms. The minimum Gasteiger partial charge on any atom is -0.492 e. The van der Waals surface area contributed by atoms with Crippen molar-refractivity contribution in [3.63, 3.8) is 0 Å². The fourth-order valence-electron chi connectivity index (χ4n) is 1.67. The van der Waals surface area contributed by atoms with Crippen LogP contribution in [0.25, 0.3) is 0 Å². The molecule has 15 heavy (non-hydrogen) atoms. The van der Waals surface area contributed by atoms with E-state index in [0.29, 0.717) is 5.56 Å². The summed E-state index contributed by atoms with van der Waals surface area (Å²) in [6.45, 7) is 2.72. The molecule has 1 aliphatic carbocycles. The first-order valence-electron chi connectivity index (χ1n) is 5.44. The largest absolute Gasteiger partial charge is 0.492 e. The van der Waals surface area contributed by atoms with Gasteiger partial charge in [-0.25, -0.2) is 0 Å². The van der Waals surface area contributed by atoms with E-state index in [2.05, 4.69) is 6.07 Å². The van der Waals surface area contributed by atoms with Crippen molar-refractivity contribution in [2.45, 2.75) is 26.2 Å². The summed E-state index contributed by atoms with van der Waals surface area (Å²) < 4.78 is 5.69. The molecular weight excluding hydrogens is 186 g/mol. The summed E-state index contributed by atoms with van der Waals surface area (Å²) in [6.07, 6.45) is 3.82. The summed E-state index contributed by atoms with van der Waals surface area (Å²) in [5, 5.41) is 8.93. The van der Waals surface area contributed by atoms with Gasteiger partial charge in [-0.15, -0.1) is 0 Å². The molecule has 0 radical (unpaired) electrons. The maximum atomic E-state index is 8.93. The molecule has 0 atom stereocenters. The van der Waals surface area contributed by atoms with Crippen molar-refractivity contribution in [1.29, 1.82) is 5.26 Å². The van der Waals surface area contributed by atoms with Crippen molar-refractivity contribution in [3.05, 3.63) is 29.3 Å². The van der Waals surface area contributed by atoms with E-state index >= 15 is 0 Å². The zero-order chi connectivity index (χ0) is 10.7. The molecule has 0 aromatic heterocycles. The lowest BCUT2D eigenvalue weighted by atomic mass is 10.1. The second kappa shape index (κ2) is 4.35. The molecule has 1 fully saturated rings. The van der Waals surface area contributed by atoms with Gasteiger partial charge in [-0.05, 0) is 30.9 Å². The van der Waals surface area contributed by atoms with E-state index < -0.39 is 0 Å². The van der Waals surface area contributed by atoms with Gasteiger partial charge in [0.25, 0.3) is 0 Å². The molecule has 1 aromatic rings. The van der Waals surface area contributed by atoms with Crippen LogP contribution in [0, 0.1) is 24.2 Å². The standard InChI is InChI=1S/C13H15NO/c1-10-3-2-4-12(9-14)13(10)15-8-7-11-5-6-11/h2-4,11H,5-8H2,1H3. The summed E-state index contributed by atoms with van der Waals surface area (Å²) in [6, 6.07) is 7.84. The second-order valence-corrected chi connectivity index (χ2v) is 4.14. The van der Waals surface area contributed by atoms with Crippen molar-refractivity contribution in [2.24, 2.45) is 5.92 Å². The van der Waals surface area contributed by atoms with Crippen LogP contribution in [-0.4, -0.2) is 6.61 Å². The first-order valence-corrected chi connectivity index (χ1v) is 5.44. The Morgan fingerprint density at radius 3 is 2.93 bits per heavy atom.